The molecule has 54 heavy (non-hydrogen) atoms. The van der Waals surface area contributed by atoms with Gasteiger partial charge in [-0.1, -0.05) is 152 Å². The lowest BCUT2D eigenvalue weighted by Crippen LogP contribution is -2.00. The van der Waals surface area contributed by atoms with E-state index in [9.17, 15) is 0 Å². The largest absolute Gasteiger partial charge is 0.255 e. The molecule has 0 N–H and O–H groups in total. The Kier molecular flexibility index (Phi) is 8.81. The van der Waals surface area contributed by atoms with Crippen LogP contribution in [0, 0.1) is 0 Å². The molecule has 0 amide bonds. The Morgan fingerprint density at radius 3 is 1.17 bits per heavy atom. The lowest BCUT2D eigenvalue weighted by Gasteiger charge is -2.11. The molecule has 0 aliphatic carbocycles. The van der Waals surface area contributed by atoms with E-state index < -0.39 is 0 Å². The van der Waals surface area contributed by atoms with Gasteiger partial charge in [0.1, 0.15) is 0 Å². The van der Waals surface area contributed by atoms with Crippen molar-refractivity contribution >= 4 is 0 Å². The molecule has 0 saturated heterocycles. The first-order chi connectivity index (χ1) is 26.7. The summed E-state index contributed by atoms with van der Waals surface area (Å²) in [6.07, 6.45) is 3.75. The van der Waals surface area contributed by atoms with E-state index in [1.807, 2.05) is 122 Å². The Balaban J connectivity index is 1.04. The third-order valence-electron chi connectivity index (χ3n) is 9.26. The quantitative estimate of drug-likeness (QED) is 0.158. The topological polar surface area (TPSA) is 77.3 Å². The van der Waals surface area contributed by atoms with E-state index in [1.54, 1.807) is 0 Å². The highest BCUT2D eigenvalue weighted by atomic mass is 15.0. The Hall–Kier alpha value is -7.44. The molecule has 0 radical (unpaired) electrons. The average Bonchev–Trinajstić information content (AvgIpc) is 3.27. The summed E-state index contributed by atoms with van der Waals surface area (Å²) in [6.45, 7) is 0. The zero-order valence-corrected chi connectivity index (χ0v) is 29.2. The minimum Gasteiger partial charge on any atom is -0.255 e. The molecule has 0 aliphatic heterocycles. The Labute approximate surface area is 313 Å². The molecule has 0 aliphatic rings. The number of rotatable bonds is 8. The summed E-state index contributed by atoms with van der Waals surface area (Å²) < 4.78 is 0. The number of benzene rings is 5. The van der Waals surface area contributed by atoms with E-state index in [0.717, 1.165) is 72.8 Å². The van der Waals surface area contributed by atoms with Gasteiger partial charge >= 0.3 is 0 Å². The van der Waals surface area contributed by atoms with Crippen molar-refractivity contribution in [3.8, 4) is 90.3 Å². The number of pyridine rings is 3. The van der Waals surface area contributed by atoms with Crippen molar-refractivity contribution < 1.29 is 0 Å². The number of nitrogens with zero attached hydrogens (tertiary/aromatic N) is 6. The van der Waals surface area contributed by atoms with Gasteiger partial charge in [0.15, 0.2) is 17.5 Å². The van der Waals surface area contributed by atoms with E-state index in [2.05, 4.69) is 72.8 Å². The van der Waals surface area contributed by atoms with Crippen LogP contribution in [0.3, 0.4) is 0 Å². The van der Waals surface area contributed by atoms with Crippen LogP contribution in [-0.4, -0.2) is 29.9 Å². The van der Waals surface area contributed by atoms with Gasteiger partial charge in [-0.15, -0.1) is 0 Å². The van der Waals surface area contributed by atoms with Crippen molar-refractivity contribution in [1.29, 1.82) is 0 Å². The predicted octanol–water partition coefficient (Wildman–Crippen LogP) is 11.4. The highest BCUT2D eigenvalue weighted by molar-refractivity contribution is 5.77. The van der Waals surface area contributed by atoms with Crippen LogP contribution in [0.4, 0.5) is 0 Å². The lowest BCUT2D eigenvalue weighted by molar-refractivity contribution is 1.07. The van der Waals surface area contributed by atoms with Crippen molar-refractivity contribution in [3.05, 3.63) is 194 Å². The van der Waals surface area contributed by atoms with Crippen LogP contribution in [0.25, 0.3) is 90.3 Å². The molecule has 6 nitrogen and oxygen atoms in total. The second-order valence-electron chi connectivity index (χ2n) is 12.8. The van der Waals surface area contributed by atoms with E-state index in [0.29, 0.717) is 17.5 Å². The van der Waals surface area contributed by atoms with Gasteiger partial charge < -0.3 is 0 Å². The lowest BCUT2D eigenvalue weighted by atomic mass is 10.0. The number of hydrogen-bond donors (Lipinski definition) is 0. The van der Waals surface area contributed by atoms with Gasteiger partial charge in [0.05, 0.1) is 22.8 Å². The van der Waals surface area contributed by atoms with Gasteiger partial charge in [-0.2, -0.15) is 0 Å². The zero-order chi connectivity index (χ0) is 36.1. The fourth-order valence-electron chi connectivity index (χ4n) is 6.44. The monoisotopic (exact) mass is 692 g/mol. The SMILES string of the molecule is c1ccc(-c2ccnc(-c3cc(-c4ccccc4)cc(-c4ccc(-c5ccc(-c6nc(-c7ccccc7)nc(-c7ccccc7)n6)cc5)cn4)n3)c2)cc1. The van der Waals surface area contributed by atoms with Crippen LogP contribution >= 0.6 is 0 Å². The summed E-state index contributed by atoms with van der Waals surface area (Å²) in [6, 6.07) is 61.4. The minimum atomic E-state index is 0.617. The summed E-state index contributed by atoms with van der Waals surface area (Å²) in [7, 11) is 0. The van der Waals surface area contributed by atoms with Gasteiger partial charge in [-0.05, 0) is 58.1 Å². The minimum absolute atomic E-state index is 0.617. The molecule has 4 aromatic heterocycles. The van der Waals surface area contributed by atoms with Crippen LogP contribution in [0.15, 0.2) is 194 Å². The molecule has 0 bridgehead atoms. The highest BCUT2D eigenvalue weighted by Crippen LogP contribution is 2.32. The summed E-state index contributed by atoms with van der Waals surface area (Å²) >= 11 is 0. The van der Waals surface area contributed by atoms with E-state index >= 15 is 0 Å². The van der Waals surface area contributed by atoms with Gasteiger partial charge in [0.2, 0.25) is 0 Å². The maximum Gasteiger partial charge on any atom is 0.164 e. The van der Waals surface area contributed by atoms with Crippen molar-refractivity contribution in [3.63, 3.8) is 0 Å². The molecular weight excluding hydrogens is 661 g/mol. The van der Waals surface area contributed by atoms with Crippen molar-refractivity contribution in [2.24, 2.45) is 0 Å². The molecule has 0 unspecified atom stereocenters. The first-order valence-electron chi connectivity index (χ1n) is 17.8. The predicted molar refractivity (Wildman–Crippen MR) is 217 cm³/mol. The second kappa shape index (κ2) is 14.7. The summed E-state index contributed by atoms with van der Waals surface area (Å²) in [5, 5.41) is 0. The van der Waals surface area contributed by atoms with Crippen LogP contribution in [0.1, 0.15) is 0 Å². The molecule has 0 spiro atoms. The molecule has 6 heteroatoms. The molecule has 4 heterocycles. The normalized spacial score (nSPS) is 11.0. The number of aromatic nitrogens is 6. The van der Waals surface area contributed by atoms with Crippen molar-refractivity contribution in [2.45, 2.75) is 0 Å². The first kappa shape index (κ1) is 32.5. The fraction of sp³-hybridized carbons (Fsp3) is 0. The summed E-state index contributed by atoms with van der Waals surface area (Å²) in [5.74, 6) is 1.89. The molecule has 0 atom stereocenters. The maximum absolute atomic E-state index is 5.10. The van der Waals surface area contributed by atoms with Crippen molar-refractivity contribution in [1.82, 2.24) is 29.9 Å². The molecule has 254 valence electrons. The molecule has 0 fully saturated rings. The third-order valence-corrected chi connectivity index (χ3v) is 9.26. The van der Waals surface area contributed by atoms with Gasteiger partial charge in [-0.3, -0.25) is 9.97 Å². The van der Waals surface area contributed by atoms with Crippen LogP contribution in [0.2, 0.25) is 0 Å². The third kappa shape index (κ3) is 6.92. The summed E-state index contributed by atoms with van der Waals surface area (Å²) in [5.41, 5.74) is 12.3. The first-order valence-corrected chi connectivity index (χ1v) is 17.8. The molecule has 0 saturated carbocycles. The second-order valence-corrected chi connectivity index (χ2v) is 12.8. The maximum atomic E-state index is 5.10. The number of hydrogen-bond acceptors (Lipinski definition) is 6. The van der Waals surface area contributed by atoms with Crippen LogP contribution in [-0.2, 0) is 0 Å². The smallest absolute Gasteiger partial charge is 0.164 e. The van der Waals surface area contributed by atoms with E-state index in [1.165, 1.54) is 0 Å². The average molecular weight is 693 g/mol. The van der Waals surface area contributed by atoms with Gasteiger partial charge in [-0.25, -0.2) is 19.9 Å². The highest BCUT2D eigenvalue weighted by Gasteiger charge is 2.14. The van der Waals surface area contributed by atoms with Crippen molar-refractivity contribution in [2.75, 3.05) is 0 Å². The van der Waals surface area contributed by atoms with Gasteiger partial charge in [0.25, 0.3) is 0 Å². The van der Waals surface area contributed by atoms with E-state index in [-0.39, 0.29) is 0 Å². The zero-order valence-electron chi connectivity index (χ0n) is 29.2. The van der Waals surface area contributed by atoms with E-state index in [4.69, 9.17) is 29.9 Å². The molecular formula is C48H32N6. The fourth-order valence-corrected chi connectivity index (χ4v) is 6.44. The van der Waals surface area contributed by atoms with Crippen LogP contribution < -0.4 is 0 Å². The summed E-state index contributed by atoms with van der Waals surface area (Å²) in [4.78, 5) is 29.3. The standard InChI is InChI=1S/C48H32N6/c1-5-13-33(14-6-1)39-27-28-49-43(29-39)45-31-41(34-15-7-2-8-16-34)30-44(51-45)42-26-25-40(32-50-42)35-21-23-38(24-22-35)48-53-46(36-17-9-3-10-18-36)52-47(54-48)37-19-11-4-12-20-37/h1-32H. The Morgan fingerprint density at radius 1 is 0.241 bits per heavy atom. The molecule has 5 aromatic carbocycles. The molecule has 9 aromatic rings. The van der Waals surface area contributed by atoms with Crippen LogP contribution in [0.5, 0.6) is 0 Å². The Bertz CT molecular complexity index is 2610. The Morgan fingerprint density at radius 2 is 0.648 bits per heavy atom. The molecule has 9 rings (SSSR count). The van der Waals surface area contributed by atoms with Gasteiger partial charge in [0, 0.05) is 34.6 Å².